The van der Waals surface area contributed by atoms with Crippen molar-refractivity contribution in [2.24, 2.45) is 5.73 Å². The first-order valence-electron chi connectivity index (χ1n) is 6.05. The second-order valence-corrected chi connectivity index (χ2v) is 5.08. The highest BCUT2D eigenvalue weighted by Crippen LogP contribution is 2.25. The number of rotatable bonds is 3. The zero-order valence-corrected chi connectivity index (χ0v) is 11.5. The van der Waals surface area contributed by atoms with E-state index in [2.05, 4.69) is 11.8 Å². The summed E-state index contributed by atoms with van der Waals surface area (Å²) in [6.07, 6.45) is 0. The minimum atomic E-state index is -0.830. The third-order valence-corrected chi connectivity index (χ3v) is 3.67. The lowest BCUT2D eigenvalue weighted by Gasteiger charge is -2.05. The fourth-order valence-electron chi connectivity index (χ4n) is 1.64. The maximum Gasteiger partial charge on any atom is 0.159 e. The zero-order valence-electron chi connectivity index (χ0n) is 10.7. The maximum atomic E-state index is 13.1. The van der Waals surface area contributed by atoms with E-state index in [1.807, 2.05) is 24.3 Å². The number of hydrogen-bond donors (Lipinski definition) is 1. The second-order valence-electron chi connectivity index (χ2n) is 4.03. The van der Waals surface area contributed by atoms with Crippen LogP contribution < -0.4 is 5.73 Å². The van der Waals surface area contributed by atoms with Crippen LogP contribution >= 0.6 is 11.8 Å². The van der Waals surface area contributed by atoms with E-state index in [-0.39, 0.29) is 0 Å². The molecular weight excluding hydrogens is 276 g/mol. The highest BCUT2D eigenvalue weighted by molar-refractivity contribution is 7.98. The van der Waals surface area contributed by atoms with Gasteiger partial charge in [0.2, 0.25) is 0 Å². The second kappa shape index (κ2) is 7.09. The van der Waals surface area contributed by atoms with Gasteiger partial charge in [-0.05, 0) is 29.8 Å². The Balaban J connectivity index is 2.12. The summed E-state index contributed by atoms with van der Waals surface area (Å²) in [6.45, 7) is 0.310. The maximum absolute atomic E-state index is 13.1. The summed E-state index contributed by atoms with van der Waals surface area (Å²) < 4.78 is 26.0. The molecule has 0 atom stereocenters. The molecule has 20 heavy (non-hydrogen) atoms. The van der Waals surface area contributed by atoms with Crippen molar-refractivity contribution in [3.05, 3.63) is 65.2 Å². The third kappa shape index (κ3) is 3.83. The smallest absolute Gasteiger partial charge is 0.159 e. The van der Waals surface area contributed by atoms with Gasteiger partial charge in [0.15, 0.2) is 11.6 Å². The van der Waals surface area contributed by atoms with Crippen molar-refractivity contribution in [2.75, 3.05) is 6.54 Å². The number of nitrogens with two attached hydrogens (primary N) is 1. The molecule has 0 bridgehead atoms. The first-order valence-corrected chi connectivity index (χ1v) is 7.04. The number of halogens is 2. The molecule has 0 radical (unpaired) electrons. The standard InChI is InChI=1S/C16H13F2NS/c17-15-8-7-14(10-16(15)18)20-11-13-5-2-1-4-12(13)6-3-9-19/h1-2,4-5,7-8,10H,9,11,19H2. The van der Waals surface area contributed by atoms with Crippen molar-refractivity contribution in [3.8, 4) is 11.8 Å². The van der Waals surface area contributed by atoms with Crippen LogP contribution in [-0.4, -0.2) is 6.54 Å². The van der Waals surface area contributed by atoms with Crippen LogP contribution in [0.1, 0.15) is 11.1 Å². The first kappa shape index (κ1) is 14.6. The summed E-state index contributed by atoms with van der Waals surface area (Å²) in [4.78, 5) is 0.686. The molecule has 0 fully saturated rings. The van der Waals surface area contributed by atoms with E-state index in [4.69, 9.17) is 5.73 Å². The Labute approximate surface area is 121 Å². The molecule has 102 valence electrons. The van der Waals surface area contributed by atoms with Crippen molar-refractivity contribution in [3.63, 3.8) is 0 Å². The van der Waals surface area contributed by atoms with E-state index < -0.39 is 11.6 Å². The number of thioether (sulfide) groups is 1. The van der Waals surface area contributed by atoms with Gasteiger partial charge >= 0.3 is 0 Å². The molecule has 0 aliphatic rings. The predicted octanol–water partition coefficient (Wildman–Crippen LogP) is 3.57. The Morgan fingerprint density at radius 3 is 2.60 bits per heavy atom. The molecule has 0 amide bonds. The molecule has 2 rings (SSSR count). The van der Waals surface area contributed by atoms with Gasteiger partial charge in [-0.15, -0.1) is 11.8 Å². The first-order chi connectivity index (χ1) is 9.70. The summed E-state index contributed by atoms with van der Waals surface area (Å²) in [7, 11) is 0. The molecule has 0 saturated heterocycles. The lowest BCUT2D eigenvalue weighted by Crippen LogP contribution is -1.94. The van der Waals surface area contributed by atoms with Crippen molar-refractivity contribution >= 4 is 11.8 Å². The molecule has 0 spiro atoms. The Hall–Kier alpha value is -1.83. The van der Waals surface area contributed by atoms with E-state index in [1.54, 1.807) is 6.07 Å². The SMILES string of the molecule is NCC#Cc1ccccc1CSc1ccc(F)c(F)c1. The van der Waals surface area contributed by atoms with Crippen LogP contribution in [0.3, 0.4) is 0 Å². The molecule has 1 nitrogen and oxygen atoms in total. The van der Waals surface area contributed by atoms with Gasteiger partial charge in [-0.25, -0.2) is 8.78 Å². The molecule has 2 aromatic rings. The van der Waals surface area contributed by atoms with Crippen LogP contribution in [0.2, 0.25) is 0 Å². The monoisotopic (exact) mass is 289 g/mol. The normalized spacial score (nSPS) is 9.95. The van der Waals surface area contributed by atoms with Gasteiger partial charge < -0.3 is 5.73 Å². The quantitative estimate of drug-likeness (QED) is 0.690. The fourth-order valence-corrected chi connectivity index (χ4v) is 2.57. The zero-order chi connectivity index (χ0) is 14.4. The van der Waals surface area contributed by atoms with Gasteiger partial charge in [0, 0.05) is 16.2 Å². The average Bonchev–Trinajstić information content (AvgIpc) is 2.47. The summed E-state index contributed by atoms with van der Waals surface area (Å²) in [5.74, 6) is 4.81. The highest BCUT2D eigenvalue weighted by atomic mass is 32.2. The minimum absolute atomic E-state index is 0.310. The van der Waals surface area contributed by atoms with Gasteiger partial charge in [0.25, 0.3) is 0 Å². The third-order valence-electron chi connectivity index (χ3n) is 2.63. The van der Waals surface area contributed by atoms with Crippen LogP contribution in [0.4, 0.5) is 8.78 Å². The predicted molar refractivity (Wildman–Crippen MR) is 78.3 cm³/mol. The lowest BCUT2D eigenvalue weighted by atomic mass is 10.1. The Morgan fingerprint density at radius 2 is 1.85 bits per heavy atom. The largest absolute Gasteiger partial charge is 0.320 e. The van der Waals surface area contributed by atoms with E-state index in [9.17, 15) is 8.78 Å². The van der Waals surface area contributed by atoms with Crippen LogP contribution in [-0.2, 0) is 5.75 Å². The van der Waals surface area contributed by atoms with Crippen LogP contribution in [0.5, 0.6) is 0 Å². The minimum Gasteiger partial charge on any atom is -0.320 e. The topological polar surface area (TPSA) is 26.0 Å². The molecule has 0 aliphatic carbocycles. The Bertz CT molecular complexity index is 659. The van der Waals surface area contributed by atoms with Crippen molar-refractivity contribution < 1.29 is 8.78 Å². The van der Waals surface area contributed by atoms with Crippen molar-refractivity contribution in [1.82, 2.24) is 0 Å². The van der Waals surface area contributed by atoms with Crippen molar-refractivity contribution in [2.45, 2.75) is 10.6 Å². The summed E-state index contributed by atoms with van der Waals surface area (Å²) in [5, 5.41) is 0. The van der Waals surface area contributed by atoms with Crippen molar-refractivity contribution in [1.29, 1.82) is 0 Å². The van der Waals surface area contributed by atoms with Gasteiger partial charge in [0.05, 0.1) is 6.54 Å². The average molecular weight is 289 g/mol. The summed E-state index contributed by atoms with van der Waals surface area (Å²) in [6, 6.07) is 11.6. The summed E-state index contributed by atoms with van der Waals surface area (Å²) in [5.41, 5.74) is 7.32. The highest BCUT2D eigenvalue weighted by Gasteiger charge is 2.05. The Morgan fingerprint density at radius 1 is 1.05 bits per heavy atom. The van der Waals surface area contributed by atoms with Crippen LogP contribution in [0.15, 0.2) is 47.4 Å². The molecule has 2 aromatic carbocycles. The molecule has 2 N–H and O–H groups in total. The van der Waals surface area contributed by atoms with Gasteiger partial charge in [-0.3, -0.25) is 0 Å². The van der Waals surface area contributed by atoms with E-state index >= 15 is 0 Å². The van der Waals surface area contributed by atoms with Gasteiger partial charge in [0.1, 0.15) is 0 Å². The lowest BCUT2D eigenvalue weighted by molar-refractivity contribution is 0.506. The van der Waals surface area contributed by atoms with E-state index in [0.717, 1.165) is 17.2 Å². The van der Waals surface area contributed by atoms with Gasteiger partial charge in [-0.1, -0.05) is 30.0 Å². The summed E-state index contributed by atoms with van der Waals surface area (Å²) >= 11 is 1.44. The molecule has 0 aromatic heterocycles. The molecule has 0 heterocycles. The molecule has 0 aliphatic heterocycles. The molecule has 0 unspecified atom stereocenters. The molecule has 0 saturated carbocycles. The van der Waals surface area contributed by atoms with E-state index in [1.165, 1.54) is 17.8 Å². The van der Waals surface area contributed by atoms with Crippen LogP contribution in [0, 0.1) is 23.5 Å². The van der Waals surface area contributed by atoms with Gasteiger partial charge in [-0.2, -0.15) is 0 Å². The molecule has 4 heteroatoms. The van der Waals surface area contributed by atoms with Crippen LogP contribution in [0.25, 0.3) is 0 Å². The fraction of sp³-hybridized carbons (Fsp3) is 0.125. The number of benzene rings is 2. The Kier molecular flexibility index (Phi) is 5.16. The molecular formula is C16H13F2NS. The number of hydrogen-bond acceptors (Lipinski definition) is 2. The van der Waals surface area contributed by atoms with E-state index in [0.29, 0.717) is 17.2 Å².